The molecule has 1 aromatic carbocycles. The molecule has 4 aliphatic rings. The summed E-state index contributed by atoms with van der Waals surface area (Å²) in [5.41, 5.74) is -1.43. The normalized spacial score (nSPS) is 23.0. The van der Waals surface area contributed by atoms with Crippen LogP contribution in [0.3, 0.4) is 0 Å². The number of ether oxygens (including phenoxy) is 1. The Morgan fingerprint density at radius 1 is 1.25 bits per heavy atom. The Morgan fingerprint density at radius 2 is 2.02 bits per heavy atom. The molecule has 0 radical (unpaired) electrons. The number of alkyl halides is 3. The highest BCUT2D eigenvalue weighted by Gasteiger charge is 2.55. The number of carbonyl (C=O) groups is 2. The van der Waals surface area contributed by atoms with Gasteiger partial charge in [-0.15, -0.1) is 0 Å². The zero-order chi connectivity index (χ0) is 34.4. The second kappa shape index (κ2) is 13.0. The summed E-state index contributed by atoms with van der Waals surface area (Å²) in [4.78, 5) is 39.9. The average molecular weight is 671 g/mol. The van der Waals surface area contributed by atoms with Crippen molar-refractivity contribution in [1.29, 1.82) is 5.26 Å². The third-order valence-electron chi connectivity index (χ3n) is 9.80. The molecule has 5 heterocycles. The number of halogens is 4. The number of anilines is 3. The maximum absolute atomic E-state index is 15.6. The van der Waals surface area contributed by atoms with Gasteiger partial charge in [0.25, 0.3) is 0 Å². The van der Waals surface area contributed by atoms with Gasteiger partial charge >= 0.3 is 6.18 Å². The van der Waals surface area contributed by atoms with Crippen molar-refractivity contribution < 1.29 is 31.9 Å². The standard InChI is InChI=1S/C33H38F4N8O3/c1-4-28(46)44-19-32(20-44)18-42(16-22-17-48-13-12-45(22)32)10-11-43-9-8-26(31(47)41(3)27-7-5-6-25(34)29(27)43)40-30-23(15-38)24(33(35,36)37)14-21(2)39-30/h4-7,14,22,26H,1,8-13,16-20H2,2-3H3,(H,39,40)/t22-,26-/m0/s1. The molecule has 11 nitrogen and oxygen atoms in total. The number of nitriles is 1. The van der Waals surface area contributed by atoms with Crippen molar-refractivity contribution in [2.45, 2.75) is 37.1 Å². The molecule has 3 saturated heterocycles. The molecule has 2 aromatic rings. The number of likely N-dealkylation sites (N-methyl/N-ethyl adjacent to an activating group) is 1. The summed E-state index contributed by atoms with van der Waals surface area (Å²) >= 11 is 0. The molecule has 48 heavy (non-hydrogen) atoms. The fourth-order valence-electron chi connectivity index (χ4n) is 7.56. The summed E-state index contributed by atoms with van der Waals surface area (Å²) in [6, 6.07) is 5.97. The molecule has 0 bridgehead atoms. The van der Waals surface area contributed by atoms with Crippen LogP contribution in [-0.2, 0) is 20.5 Å². The highest BCUT2D eigenvalue weighted by molar-refractivity contribution is 6.01. The van der Waals surface area contributed by atoms with Crippen molar-refractivity contribution in [3.63, 3.8) is 0 Å². The van der Waals surface area contributed by atoms with Crippen LogP contribution in [0.5, 0.6) is 0 Å². The molecule has 0 saturated carbocycles. The van der Waals surface area contributed by atoms with E-state index in [1.165, 1.54) is 37.1 Å². The molecule has 0 unspecified atom stereocenters. The number of likely N-dealkylation sites (tertiary alicyclic amines) is 1. The average Bonchev–Trinajstić information content (AvgIpc) is 3.04. The molecule has 2 amide bonds. The van der Waals surface area contributed by atoms with Gasteiger partial charge in [-0.1, -0.05) is 12.6 Å². The summed E-state index contributed by atoms with van der Waals surface area (Å²) < 4.78 is 62.8. The van der Waals surface area contributed by atoms with Crippen molar-refractivity contribution in [1.82, 2.24) is 19.7 Å². The Labute approximate surface area is 276 Å². The molecule has 1 spiro atoms. The van der Waals surface area contributed by atoms with Gasteiger partial charge in [0.2, 0.25) is 11.8 Å². The van der Waals surface area contributed by atoms with Gasteiger partial charge in [-0.3, -0.25) is 19.4 Å². The lowest BCUT2D eigenvalue weighted by molar-refractivity contribution is -0.173. The molecular weight excluding hydrogens is 632 g/mol. The van der Waals surface area contributed by atoms with E-state index in [1.807, 2.05) is 4.90 Å². The molecule has 15 heteroatoms. The first-order valence-corrected chi connectivity index (χ1v) is 15.9. The molecule has 2 atom stereocenters. The summed E-state index contributed by atoms with van der Waals surface area (Å²) in [6.45, 7) is 10.7. The number of carbonyl (C=O) groups excluding carboxylic acids is 2. The van der Waals surface area contributed by atoms with E-state index in [9.17, 15) is 28.0 Å². The van der Waals surface area contributed by atoms with Gasteiger partial charge in [0.15, 0.2) is 0 Å². The topological polar surface area (TPSA) is 108 Å². The molecule has 3 fully saturated rings. The summed E-state index contributed by atoms with van der Waals surface area (Å²) in [5.74, 6) is -1.43. The summed E-state index contributed by atoms with van der Waals surface area (Å²) in [5, 5.41) is 12.5. The van der Waals surface area contributed by atoms with Crippen LogP contribution in [0.15, 0.2) is 36.9 Å². The van der Waals surface area contributed by atoms with Gasteiger partial charge in [0, 0.05) is 71.1 Å². The van der Waals surface area contributed by atoms with Crippen LogP contribution in [-0.4, -0.2) is 122 Å². The number of aryl methyl sites for hydroxylation is 1. The number of piperazine rings is 1. The van der Waals surface area contributed by atoms with Crippen molar-refractivity contribution >= 4 is 29.0 Å². The monoisotopic (exact) mass is 670 g/mol. The highest BCUT2D eigenvalue weighted by Crippen LogP contribution is 2.38. The van der Waals surface area contributed by atoms with Crippen molar-refractivity contribution in [2.75, 3.05) is 87.7 Å². The van der Waals surface area contributed by atoms with Crippen LogP contribution in [0.1, 0.15) is 23.2 Å². The minimum absolute atomic E-state index is 0.0363. The molecule has 1 aromatic heterocycles. The maximum Gasteiger partial charge on any atom is 0.417 e. The Balaban J connectivity index is 1.25. The zero-order valence-corrected chi connectivity index (χ0v) is 26.9. The molecular formula is C33H38F4N8O3. The Morgan fingerprint density at radius 3 is 2.73 bits per heavy atom. The highest BCUT2D eigenvalue weighted by atomic mass is 19.4. The Bertz CT molecular complexity index is 1640. The van der Waals surface area contributed by atoms with Gasteiger partial charge in [-0.05, 0) is 37.6 Å². The lowest BCUT2D eigenvalue weighted by Gasteiger charge is -2.63. The van der Waals surface area contributed by atoms with E-state index < -0.39 is 35.1 Å². The van der Waals surface area contributed by atoms with E-state index >= 15 is 4.39 Å². The largest absolute Gasteiger partial charge is 0.417 e. The smallest absolute Gasteiger partial charge is 0.378 e. The van der Waals surface area contributed by atoms with E-state index in [0.29, 0.717) is 51.6 Å². The first kappa shape index (κ1) is 33.6. The molecule has 0 aliphatic carbocycles. The maximum atomic E-state index is 15.6. The number of pyridine rings is 1. The number of morpholine rings is 1. The number of rotatable bonds is 6. The number of benzene rings is 1. The third-order valence-corrected chi connectivity index (χ3v) is 9.80. The van der Waals surface area contributed by atoms with E-state index in [-0.39, 0.29) is 47.7 Å². The van der Waals surface area contributed by atoms with Crippen LogP contribution in [0.4, 0.5) is 34.8 Å². The quantitative estimate of drug-likeness (QED) is 0.367. The molecule has 4 aliphatic heterocycles. The van der Waals surface area contributed by atoms with E-state index in [1.54, 1.807) is 17.0 Å². The molecule has 6 rings (SSSR count). The molecule has 1 N–H and O–H groups in total. The van der Waals surface area contributed by atoms with Crippen molar-refractivity contribution in [3.8, 4) is 6.07 Å². The third kappa shape index (κ3) is 6.20. The van der Waals surface area contributed by atoms with Gasteiger partial charge in [0.05, 0.1) is 35.7 Å². The summed E-state index contributed by atoms with van der Waals surface area (Å²) in [7, 11) is 1.49. The Hall–Kier alpha value is -4.26. The number of nitrogens with one attached hydrogen (secondary N) is 1. The predicted octanol–water partition coefficient (Wildman–Crippen LogP) is 2.86. The van der Waals surface area contributed by atoms with Crippen LogP contribution >= 0.6 is 0 Å². The number of hydrogen-bond acceptors (Lipinski definition) is 9. The number of amides is 2. The second-order valence-electron chi connectivity index (χ2n) is 12.9. The number of para-hydroxylation sites is 1. The van der Waals surface area contributed by atoms with E-state index in [2.05, 4.69) is 26.7 Å². The predicted molar refractivity (Wildman–Crippen MR) is 170 cm³/mol. The van der Waals surface area contributed by atoms with Crippen molar-refractivity contribution in [3.05, 3.63) is 59.6 Å². The number of fused-ring (bicyclic) bond motifs is 3. The van der Waals surface area contributed by atoms with Gasteiger partial charge in [-0.25, -0.2) is 9.37 Å². The second-order valence-corrected chi connectivity index (χ2v) is 12.9. The minimum atomic E-state index is -4.79. The zero-order valence-electron chi connectivity index (χ0n) is 26.9. The van der Waals surface area contributed by atoms with Gasteiger partial charge in [0.1, 0.15) is 29.3 Å². The van der Waals surface area contributed by atoms with E-state index in [0.717, 1.165) is 19.2 Å². The summed E-state index contributed by atoms with van der Waals surface area (Å²) in [6.07, 6.45) is -3.37. The van der Waals surface area contributed by atoms with Gasteiger partial charge < -0.3 is 24.8 Å². The Kier molecular flexibility index (Phi) is 9.10. The SMILES string of the molecule is C=CC(=O)N1CC2(CN(CCN3CC[C@H](Nc4nc(C)cc(C(F)(F)F)c4C#N)C(=O)N(C)c4cccc(F)c43)C[C@H]3COCCN32)C1. The van der Waals surface area contributed by atoms with Crippen LogP contribution < -0.4 is 15.1 Å². The fourth-order valence-corrected chi connectivity index (χ4v) is 7.56. The van der Waals surface area contributed by atoms with Crippen LogP contribution in [0.2, 0.25) is 0 Å². The van der Waals surface area contributed by atoms with Crippen LogP contribution in [0.25, 0.3) is 0 Å². The number of aromatic nitrogens is 1. The lowest BCUT2D eigenvalue weighted by atomic mass is 9.82. The number of hydrogen-bond donors (Lipinski definition) is 1. The minimum Gasteiger partial charge on any atom is -0.378 e. The first-order chi connectivity index (χ1) is 22.8. The van der Waals surface area contributed by atoms with Gasteiger partial charge in [-0.2, -0.15) is 18.4 Å². The first-order valence-electron chi connectivity index (χ1n) is 15.9. The lowest BCUT2D eigenvalue weighted by Crippen LogP contribution is -2.81. The van der Waals surface area contributed by atoms with E-state index in [4.69, 9.17) is 4.74 Å². The molecule has 256 valence electrons. The fraction of sp³-hybridized carbons (Fsp3) is 0.515. The van der Waals surface area contributed by atoms with Crippen molar-refractivity contribution in [2.24, 2.45) is 0 Å². The number of nitrogens with zero attached hydrogens (tertiary/aromatic N) is 7. The van der Waals surface area contributed by atoms with Crippen LogP contribution in [0, 0.1) is 24.1 Å².